The van der Waals surface area contributed by atoms with Crippen LogP contribution in [0.1, 0.15) is 39.0 Å². The van der Waals surface area contributed by atoms with Gasteiger partial charge in [0.2, 0.25) is 10.0 Å². The molecule has 1 fully saturated rings. The standard InChI is InChI=1S/C10H19NO4S/c1-2-4-8-7-9(8)11-16(14,15)6-3-5-10(12)13/h8-9,11H,2-7H2,1H3,(H,12,13). The van der Waals surface area contributed by atoms with Crippen LogP contribution in [-0.4, -0.2) is 31.3 Å². The maximum absolute atomic E-state index is 11.5. The predicted molar refractivity (Wildman–Crippen MR) is 60.6 cm³/mol. The molecule has 0 saturated heterocycles. The number of aliphatic carboxylic acids is 1. The van der Waals surface area contributed by atoms with Crippen LogP contribution in [0.5, 0.6) is 0 Å². The molecule has 94 valence electrons. The number of rotatable bonds is 8. The molecule has 2 atom stereocenters. The molecule has 1 aliphatic carbocycles. The minimum atomic E-state index is -3.28. The number of sulfonamides is 1. The van der Waals surface area contributed by atoms with Crippen LogP contribution in [0.3, 0.4) is 0 Å². The van der Waals surface area contributed by atoms with Crippen molar-refractivity contribution < 1.29 is 18.3 Å². The molecule has 0 spiro atoms. The van der Waals surface area contributed by atoms with Crippen molar-refractivity contribution in [3.8, 4) is 0 Å². The molecule has 2 N–H and O–H groups in total. The molecule has 0 heterocycles. The van der Waals surface area contributed by atoms with E-state index < -0.39 is 16.0 Å². The van der Waals surface area contributed by atoms with Gasteiger partial charge in [-0.3, -0.25) is 4.79 Å². The highest BCUT2D eigenvalue weighted by Crippen LogP contribution is 2.35. The van der Waals surface area contributed by atoms with Gasteiger partial charge in [0.05, 0.1) is 5.75 Å². The summed E-state index contributed by atoms with van der Waals surface area (Å²) in [5, 5.41) is 8.40. The molecule has 0 aromatic rings. The summed E-state index contributed by atoms with van der Waals surface area (Å²) in [6.07, 6.45) is 3.13. The Labute approximate surface area is 96.3 Å². The van der Waals surface area contributed by atoms with Crippen LogP contribution in [0.15, 0.2) is 0 Å². The zero-order chi connectivity index (χ0) is 12.2. The second kappa shape index (κ2) is 5.63. The third kappa shape index (κ3) is 4.94. The second-order valence-electron chi connectivity index (χ2n) is 4.32. The molecular weight excluding hydrogens is 230 g/mol. The summed E-state index contributed by atoms with van der Waals surface area (Å²) in [7, 11) is -3.28. The van der Waals surface area contributed by atoms with Crippen molar-refractivity contribution in [3.05, 3.63) is 0 Å². The fourth-order valence-electron chi connectivity index (χ4n) is 1.78. The number of hydrogen-bond acceptors (Lipinski definition) is 3. The summed E-state index contributed by atoms with van der Waals surface area (Å²) in [6, 6.07) is 0.0924. The number of nitrogens with one attached hydrogen (secondary N) is 1. The molecule has 0 aromatic carbocycles. The van der Waals surface area contributed by atoms with E-state index in [1.54, 1.807) is 0 Å². The average Bonchev–Trinajstić information content (AvgIpc) is 2.81. The highest BCUT2D eigenvalue weighted by Gasteiger charge is 2.38. The third-order valence-corrected chi connectivity index (χ3v) is 4.20. The predicted octanol–water partition coefficient (Wildman–Crippen LogP) is 0.959. The van der Waals surface area contributed by atoms with Gasteiger partial charge in [0.15, 0.2) is 0 Å². The van der Waals surface area contributed by atoms with Gasteiger partial charge in [-0.15, -0.1) is 0 Å². The fourth-order valence-corrected chi connectivity index (χ4v) is 3.18. The molecule has 2 unspecified atom stereocenters. The first-order valence-corrected chi connectivity index (χ1v) is 7.31. The number of carboxylic acids is 1. The monoisotopic (exact) mass is 249 g/mol. The molecule has 1 rings (SSSR count). The van der Waals surface area contributed by atoms with E-state index in [0.717, 1.165) is 19.3 Å². The van der Waals surface area contributed by atoms with E-state index in [1.165, 1.54) is 0 Å². The van der Waals surface area contributed by atoms with E-state index >= 15 is 0 Å². The normalized spacial score (nSPS) is 24.3. The largest absolute Gasteiger partial charge is 0.481 e. The quantitative estimate of drug-likeness (QED) is 0.671. The van der Waals surface area contributed by atoms with Crippen LogP contribution in [-0.2, 0) is 14.8 Å². The summed E-state index contributed by atoms with van der Waals surface area (Å²) < 4.78 is 25.6. The van der Waals surface area contributed by atoms with Crippen LogP contribution in [0.25, 0.3) is 0 Å². The molecule has 0 bridgehead atoms. The minimum absolute atomic E-state index is 0.0886. The highest BCUT2D eigenvalue weighted by molar-refractivity contribution is 7.89. The van der Waals surface area contributed by atoms with Gasteiger partial charge in [0.25, 0.3) is 0 Å². The smallest absolute Gasteiger partial charge is 0.303 e. The van der Waals surface area contributed by atoms with Crippen molar-refractivity contribution in [2.45, 2.75) is 45.1 Å². The number of carbonyl (C=O) groups is 1. The van der Waals surface area contributed by atoms with Gasteiger partial charge in [0, 0.05) is 12.5 Å². The third-order valence-electron chi connectivity index (χ3n) is 2.72. The Morgan fingerprint density at radius 3 is 2.75 bits per heavy atom. The molecule has 1 aliphatic rings. The maximum Gasteiger partial charge on any atom is 0.303 e. The summed E-state index contributed by atoms with van der Waals surface area (Å²) >= 11 is 0. The van der Waals surface area contributed by atoms with Gasteiger partial charge in [0.1, 0.15) is 0 Å². The molecule has 16 heavy (non-hydrogen) atoms. The highest BCUT2D eigenvalue weighted by atomic mass is 32.2. The second-order valence-corrected chi connectivity index (χ2v) is 6.20. The summed E-state index contributed by atoms with van der Waals surface area (Å²) in [6.45, 7) is 2.08. The zero-order valence-corrected chi connectivity index (χ0v) is 10.3. The van der Waals surface area contributed by atoms with E-state index in [9.17, 15) is 13.2 Å². The lowest BCUT2D eigenvalue weighted by Crippen LogP contribution is -2.29. The van der Waals surface area contributed by atoms with Gasteiger partial charge < -0.3 is 5.11 Å². The Hall–Kier alpha value is -0.620. The van der Waals surface area contributed by atoms with Crippen molar-refractivity contribution in [3.63, 3.8) is 0 Å². The van der Waals surface area contributed by atoms with Crippen LogP contribution in [0, 0.1) is 5.92 Å². The molecule has 5 nitrogen and oxygen atoms in total. The van der Waals surface area contributed by atoms with Crippen LogP contribution >= 0.6 is 0 Å². The van der Waals surface area contributed by atoms with Gasteiger partial charge in [-0.05, 0) is 25.2 Å². The Morgan fingerprint density at radius 1 is 1.50 bits per heavy atom. The van der Waals surface area contributed by atoms with Gasteiger partial charge in [-0.2, -0.15) is 0 Å². The Balaban J connectivity index is 2.22. The van der Waals surface area contributed by atoms with Crippen molar-refractivity contribution in [2.75, 3.05) is 5.75 Å². The van der Waals surface area contributed by atoms with Crippen LogP contribution in [0.2, 0.25) is 0 Å². The molecule has 1 saturated carbocycles. The van der Waals surface area contributed by atoms with Crippen molar-refractivity contribution >= 4 is 16.0 Å². The Morgan fingerprint density at radius 2 is 2.19 bits per heavy atom. The number of carboxylic acid groups (broad SMARTS) is 1. The molecule has 0 aliphatic heterocycles. The van der Waals surface area contributed by atoms with Crippen molar-refractivity contribution in [2.24, 2.45) is 5.92 Å². The Kier molecular flexibility index (Phi) is 4.73. The minimum Gasteiger partial charge on any atom is -0.481 e. The molecule has 0 aromatic heterocycles. The Bertz CT molecular complexity index is 339. The van der Waals surface area contributed by atoms with E-state index in [2.05, 4.69) is 11.6 Å². The SMILES string of the molecule is CCCC1CC1NS(=O)(=O)CCCC(=O)O. The number of hydrogen-bond donors (Lipinski definition) is 2. The topological polar surface area (TPSA) is 83.5 Å². The van der Waals surface area contributed by atoms with Crippen LogP contribution in [0.4, 0.5) is 0 Å². The first kappa shape index (κ1) is 13.4. The fraction of sp³-hybridized carbons (Fsp3) is 0.900. The van der Waals surface area contributed by atoms with E-state index in [-0.39, 0.29) is 24.6 Å². The molecule has 6 heteroatoms. The van der Waals surface area contributed by atoms with Crippen molar-refractivity contribution in [1.82, 2.24) is 4.72 Å². The molecular formula is C10H19NO4S. The summed E-state index contributed by atoms with van der Waals surface area (Å²) in [4.78, 5) is 10.2. The van der Waals surface area contributed by atoms with Crippen molar-refractivity contribution in [1.29, 1.82) is 0 Å². The first-order chi connectivity index (χ1) is 7.44. The van der Waals surface area contributed by atoms with Gasteiger partial charge >= 0.3 is 5.97 Å². The maximum atomic E-state index is 11.5. The van der Waals surface area contributed by atoms with E-state index in [1.807, 2.05) is 0 Å². The lowest BCUT2D eigenvalue weighted by atomic mass is 10.2. The van der Waals surface area contributed by atoms with E-state index in [0.29, 0.717) is 5.92 Å². The summed E-state index contributed by atoms with van der Waals surface area (Å²) in [5.41, 5.74) is 0. The van der Waals surface area contributed by atoms with Crippen LogP contribution < -0.4 is 4.72 Å². The average molecular weight is 249 g/mol. The lowest BCUT2D eigenvalue weighted by molar-refractivity contribution is -0.137. The van der Waals surface area contributed by atoms with E-state index in [4.69, 9.17) is 5.11 Å². The lowest BCUT2D eigenvalue weighted by Gasteiger charge is -2.05. The van der Waals surface area contributed by atoms with Gasteiger partial charge in [-0.1, -0.05) is 13.3 Å². The first-order valence-electron chi connectivity index (χ1n) is 5.66. The van der Waals surface area contributed by atoms with Gasteiger partial charge in [-0.25, -0.2) is 13.1 Å². The molecule has 0 radical (unpaired) electrons. The zero-order valence-electron chi connectivity index (χ0n) is 9.48. The summed E-state index contributed by atoms with van der Waals surface area (Å²) in [5.74, 6) is -0.556. The molecule has 0 amide bonds.